The average Bonchev–Trinajstić information content (AvgIpc) is 2.28. The van der Waals surface area contributed by atoms with Gasteiger partial charge in [-0.3, -0.25) is 4.79 Å². The number of carbonyl (C=O) groups excluding carboxylic acids is 1. The van der Waals surface area contributed by atoms with Gasteiger partial charge >= 0.3 is 0 Å². The third-order valence-electron chi connectivity index (χ3n) is 2.94. The fourth-order valence-corrected chi connectivity index (χ4v) is 1.77. The third-order valence-corrected chi connectivity index (χ3v) is 2.94. The maximum absolute atomic E-state index is 12.6. The molecule has 2 N–H and O–H groups in total. The van der Waals surface area contributed by atoms with E-state index in [2.05, 4.69) is 5.32 Å². The minimum absolute atomic E-state index is 0.0371. The molecule has 0 aliphatic carbocycles. The van der Waals surface area contributed by atoms with Gasteiger partial charge in [-0.25, -0.2) is 4.39 Å². The van der Waals surface area contributed by atoms with Crippen molar-refractivity contribution in [2.75, 3.05) is 6.54 Å². The number of rotatable bonds is 4. The van der Waals surface area contributed by atoms with Crippen LogP contribution in [0.3, 0.4) is 0 Å². The molecular formula is C12H14FNO2. The Kier molecular flexibility index (Phi) is 3.19. The molecule has 1 unspecified atom stereocenters. The molecule has 0 spiro atoms. The lowest BCUT2D eigenvalue weighted by molar-refractivity contribution is -0.131. The Hall–Kier alpha value is -1.42. The van der Waals surface area contributed by atoms with Crippen LogP contribution in [0.2, 0.25) is 0 Å². The molecule has 4 heteroatoms. The third kappa shape index (κ3) is 2.39. The normalized spacial score (nSPS) is 21.1. The Morgan fingerprint density at radius 1 is 1.44 bits per heavy atom. The van der Waals surface area contributed by atoms with Gasteiger partial charge in [-0.05, 0) is 30.5 Å². The summed E-state index contributed by atoms with van der Waals surface area (Å²) in [6.45, 7) is 0.703. The molecule has 0 aromatic heterocycles. The monoisotopic (exact) mass is 223 g/mol. The predicted octanol–water partition coefficient (Wildman–Crippen LogP) is 1.39. The van der Waals surface area contributed by atoms with Crippen molar-refractivity contribution < 1.29 is 14.3 Å². The summed E-state index contributed by atoms with van der Waals surface area (Å²) in [5.41, 5.74) is 0.695. The first-order valence-electron chi connectivity index (χ1n) is 5.38. The second kappa shape index (κ2) is 4.61. The molecule has 0 radical (unpaired) electrons. The zero-order valence-electron chi connectivity index (χ0n) is 8.82. The highest BCUT2D eigenvalue weighted by Crippen LogP contribution is 2.23. The lowest BCUT2D eigenvalue weighted by Crippen LogP contribution is -2.48. The van der Waals surface area contributed by atoms with Crippen molar-refractivity contribution in [3.63, 3.8) is 0 Å². The molecular weight excluding hydrogens is 209 g/mol. The van der Waals surface area contributed by atoms with E-state index in [4.69, 9.17) is 0 Å². The van der Waals surface area contributed by atoms with Gasteiger partial charge in [0.2, 0.25) is 5.91 Å². The number of benzene rings is 1. The smallest absolute Gasteiger partial charge is 0.224 e. The minimum atomic E-state index is -0.617. The summed E-state index contributed by atoms with van der Waals surface area (Å²) in [6, 6.07) is 5.80. The van der Waals surface area contributed by atoms with Gasteiger partial charge in [0, 0.05) is 6.54 Å². The molecule has 1 fully saturated rings. The Balaban J connectivity index is 1.85. The van der Waals surface area contributed by atoms with Crippen LogP contribution in [0.1, 0.15) is 24.5 Å². The molecule has 1 amide bonds. The SMILES string of the molecule is O=C1NCC1CC[C@H](O)c1ccc(F)cc1. The van der Waals surface area contributed by atoms with Crippen LogP contribution in [0.25, 0.3) is 0 Å². The van der Waals surface area contributed by atoms with Crippen molar-refractivity contribution in [2.24, 2.45) is 5.92 Å². The molecule has 0 saturated carbocycles. The first kappa shape index (κ1) is 11.1. The van der Waals surface area contributed by atoms with Crippen LogP contribution in [0.15, 0.2) is 24.3 Å². The van der Waals surface area contributed by atoms with E-state index in [1.165, 1.54) is 12.1 Å². The van der Waals surface area contributed by atoms with Gasteiger partial charge in [0.1, 0.15) is 5.82 Å². The molecule has 1 aromatic rings. The van der Waals surface area contributed by atoms with Gasteiger partial charge in [-0.1, -0.05) is 12.1 Å². The van der Waals surface area contributed by atoms with E-state index in [9.17, 15) is 14.3 Å². The number of aliphatic hydroxyl groups excluding tert-OH is 1. The highest BCUT2D eigenvalue weighted by Gasteiger charge is 2.27. The van der Waals surface area contributed by atoms with Crippen LogP contribution >= 0.6 is 0 Å². The van der Waals surface area contributed by atoms with Crippen LogP contribution in [-0.4, -0.2) is 17.6 Å². The van der Waals surface area contributed by atoms with Gasteiger partial charge in [-0.2, -0.15) is 0 Å². The summed E-state index contributed by atoms with van der Waals surface area (Å²) in [5.74, 6) is -0.212. The van der Waals surface area contributed by atoms with Crippen LogP contribution in [0, 0.1) is 11.7 Å². The average molecular weight is 223 g/mol. The second-order valence-electron chi connectivity index (χ2n) is 4.09. The molecule has 16 heavy (non-hydrogen) atoms. The molecule has 1 aliphatic rings. The number of β-lactam (4-membered cyclic amide) rings is 1. The van der Waals surface area contributed by atoms with Crippen LogP contribution in [0.5, 0.6) is 0 Å². The van der Waals surface area contributed by atoms with Crippen molar-refractivity contribution in [3.05, 3.63) is 35.6 Å². The predicted molar refractivity (Wildman–Crippen MR) is 57.1 cm³/mol. The van der Waals surface area contributed by atoms with Crippen molar-refractivity contribution in [3.8, 4) is 0 Å². The molecule has 1 aliphatic heterocycles. The summed E-state index contributed by atoms with van der Waals surface area (Å²) in [4.78, 5) is 11.0. The standard InChI is InChI=1S/C12H14FNO2/c13-10-4-1-8(2-5-10)11(15)6-3-9-7-14-12(9)16/h1-2,4-5,9,11,15H,3,6-7H2,(H,14,16)/t9?,11-/m0/s1. The van der Waals surface area contributed by atoms with Gasteiger partial charge in [0.15, 0.2) is 0 Å². The van der Waals surface area contributed by atoms with E-state index in [1.807, 2.05) is 0 Å². The fourth-order valence-electron chi connectivity index (χ4n) is 1.77. The summed E-state index contributed by atoms with van der Waals surface area (Å²) in [7, 11) is 0. The van der Waals surface area contributed by atoms with E-state index in [0.29, 0.717) is 24.9 Å². The number of aliphatic hydroxyl groups is 1. The maximum atomic E-state index is 12.6. The van der Waals surface area contributed by atoms with E-state index in [1.54, 1.807) is 12.1 Å². The zero-order valence-corrected chi connectivity index (χ0v) is 8.82. The van der Waals surface area contributed by atoms with Gasteiger partial charge < -0.3 is 10.4 Å². The summed E-state index contributed by atoms with van der Waals surface area (Å²) >= 11 is 0. The number of halogens is 1. The first-order chi connectivity index (χ1) is 7.66. The van der Waals surface area contributed by atoms with Crippen molar-refractivity contribution in [2.45, 2.75) is 18.9 Å². The molecule has 2 rings (SSSR count). The molecule has 86 valence electrons. The number of hydrogen-bond acceptors (Lipinski definition) is 2. The van der Waals surface area contributed by atoms with E-state index in [-0.39, 0.29) is 17.6 Å². The number of amides is 1. The lowest BCUT2D eigenvalue weighted by atomic mass is 9.93. The molecule has 3 nitrogen and oxygen atoms in total. The van der Waals surface area contributed by atoms with Crippen LogP contribution in [0.4, 0.5) is 4.39 Å². The highest BCUT2D eigenvalue weighted by atomic mass is 19.1. The summed E-state index contributed by atoms with van der Waals surface area (Å²) in [6.07, 6.45) is 0.586. The van der Waals surface area contributed by atoms with Crippen LogP contribution < -0.4 is 5.32 Å². The first-order valence-corrected chi connectivity index (χ1v) is 5.38. The molecule has 1 heterocycles. The topological polar surface area (TPSA) is 49.3 Å². The Bertz CT molecular complexity index is 377. The Morgan fingerprint density at radius 2 is 2.12 bits per heavy atom. The van der Waals surface area contributed by atoms with E-state index < -0.39 is 6.10 Å². The lowest BCUT2D eigenvalue weighted by Gasteiger charge is -2.26. The molecule has 1 aromatic carbocycles. The van der Waals surface area contributed by atoms with E-state index >= 15 is 0 Å². The largest absolute Gasteiger partial charge is 0.388 e. The Labute approximate surface area is 93.3 Å². The molecule has 0 bridgehead atoms. The van der Waals surface area contributed by atoms with Crippen LogP contribution in [-0.2, 0) is 4.79 Å². The summed E-state index contributed by atoms with van der Waals surface area (Å²) in [5, 5.41) is 12.5. The highest BCUT2D eigenvalue weighted by molar-refractivity contribution is 5.84. The second-order valence-corrected chi connectivity index (χ2v) is 4.09. The quantitative estimate of drug-likeness (QED) is 0.758. The van der Waals surface area contributed by atoms with Gasteiger partial charge in [0.25, 0.3) is 0 Å². The van der Waals surface area contributed by atoms with E-state index in [0.717, 1.165) is 0 Å². The molecule has 2 atom stereocenters. The zero-order chi connectivity index (χ0) is 11.5. The summed E-state index contributed by atoms with van der Waals surface area (Å²) < 4.78 is 12.6. The molecule has 1 saturated heterocycles. The van der Waals surface area contributed by atoms with Crippen molar-refractivity contribution >= 4 is 5.91 Å². The number of nitrogens with one attached hydrogen (secondary N) is 1. The number of hydrogen-bond donors (Lipinski definition) is 2. The Morgan fingerprint density at radius 3 is 2.62 bits per heavy atom. The van der Waals surface area contributed by atoms with Crippen molar-refractivity contribution in [1.29, 1.82) is 0 Å². The van der Waals surface area contributed by atoms with Gasteiger partial charge in [-0.15, -0.1) is 0 Å². The minimum Gasteiger partial charge on any atom is -0.388 e. The maximum Gasteiger partial charge on any atom is 0.224 e. The van der Waals surface area contributed by atoms with Crippen molar-refractivity contribution in [1.82, 2.24) is 5.32 Å². The fraction of sp³-hybridized carbons (Fsp3) is 0.417. The number of carbonyl (C=O) groups is 1. The van der Waals surface area contributed by atoms with Gasteiger partial charge in [0.05, 0.1) is 12.0 Å².